The molecule has 0 radical (unpaired) electrons. The van der Waals surface area contributed by atoms with E-state index in [1.807, 2.05) is 0 Å². The normalized spacial score (nSPS) is 11.4. The third-order valence-electron chi connectivity index (χ3n) is 3.82. The zero-order valence-corrected chi connectivity index (χ0v) is 16.2. The Morgan fingerprint density at radius 3 is 2.41 bits per heavy atom. The minimum absolute atomic E-state index is 0.000106. The highest BCUT2D eigenvalue weighted by atomic mass is 32.1. The molecule has 11 heteroatoms. The molecule has 0 bridgehead atoms. The lowest BCUT2D eigenvalue weighted by Crippen LogP contribution is -1.97. The third kappa shape index (κ3) is 3.48. The standard InChI is InChI=1S/C16H13N5O3S3/c17-8-5-11(26)7-4-12(27)15(16(22)13(7)14(8)18)20-19-9-2-1-6(25)3-10(9)21(23)24/h1-5,22,25-27H,17-18H2. The van der Waals surface area contributed by atoms with Gasteiger partial charge in [-0.1, -0.05) is 0 Å². The Balaban J connectivity index is 2.21. The Labute approximate surface area is 169 Å². The number of nitrogens with two attached hydrogens (primary N) is 2. The van der Waals surface area contributed by atoms with Gasteiger partial charge in [-0.15, -0.1) is 48.1 Å². The second-order valence-corrected chi connectivity index (χ2v) is 7.02. The number of nitrogens with zero attached hydrogens (tertiary/aromatic N) is 3. The Morgan fingerprint density at radius 2 is 1.74 bits per heavy atom. The molecule has 8 nitrogen and oxygen atoms in total. The minimum atomic E-state index is -0.595. The summed E-state index contributed by atoms with van der Waals surface area (Å²) in [6.07, 6.45) is 0. The van der Waals surface area contributed by atoms with Gasteiger partial charge in [0.05, 0.1) is 21.7 Å². The summed E-state index contributed by atoms with van der Waals surface area (Å²) in [7, 11) is 0. The molecule has 0 spiro atoms. The topological polar surface area (TPSA) is 140 Å². The average molecular weight is 420 g/mol. The summed E-state index contributed by atoms with van der Waals surface area (Å²) in [6.45, 7) is 0. The van der Waals surface area contributed by atoms with Crippen molar-refractivity contribution in [1.29, 1.82) is 0 Å². The number of azo groups is 1. The zero-order valence-electron chi connectivity index (χ0n) is 13.5. The number of rotatable bonds is 3. The number of aromatic hydroxyl groups is 1. The molecular formula is C16H13N5O3S3. The first-order valence-corrected chi connectivity index (χ1v) is 8.69. The first kappa shape index (κ1) is 19.1. The van der Waals surface area contributed by atoms with Crippen molar-refractivity contribution in [3.05, 3.63) is 40.4 Å². The van der Waals surface area contributed by atoms with E-state index in [1.54, 1.807) is 12.1 Å². The van der Waals surface area contributed by atoms with Gasteiger partial charge in [-0.2, -0.15) is 0 Å². The Hall–Kier alpha value is -2.63. The molecule has 0 aliphatic rings. The van der Waals surface area contributed by atoms with Gasteiger partial charge < -0.3 is 16.6 Å². The van der Waals surface area contributed by atoms with Crippen LogP contribution in [0.3, 0.4) is 0 Å². The van der Waals surface area contributed by atoms with Crippen molar-refractivity contribution in [3.8, 4) is 5.75 Å². The van der Waals surface area contributed by atoms with Crippen LogP contribution >= 0.6 is 37.9 Å². The maximum absolute atomic E-state index is 11.2. The highest BCUT2D eigenvalue weighted by Gasteiger charge is 2.18. The number of hydrogen-bond donors (Lipinski definition) is 6. The lowest BCUT2D eigenvalue weighted by atomic mass is 10.1. The fraction of sp³-hybridized carbons (Fsp3) is 0. The maximum atomic E-state index is 11.2. The van der Waals surface area contributed by atoms with Gasteiger partial charge in [0.2, 0.25) is 0 Å². The van der Waals surface area contributed by atoms with Crippen molar-refractivity contribution in [2.24, 2.45) is 10.2 Å². The highest BCUT2D eigenvalue weighted by molar-refractivity contribution is 7.81. The SMILES string of the molecule is Nc1cc(S)c2cc(S)c(N=Nc3ccc(S)cc3[N+](=O)[O-])c(O)c2c1N. The van der Waals surface area contributed by atoms with Crippen LogP contribution in [-0.4, -0.2) is 10.0 Å². The van der Waals surface area contributed by atoms with E-state index in [1.165, 1.54) is 18.2 Å². The van der Waals surface area contributed by atoms with E-state index >= 15 is 0 Å². The molecule has 3 aromatic rings. The van der Waals surface area contributed by atoms with Crippen molar-refractivity contribution in [1.82, 2.24) is 0 Å². The predicted molar refractivity (Wildman–Crippen MR) is 113 cm³/mol. The summed E-state index contributed by atoms with van der Waals surface area (Å²) in [5, 5.41) is 30.5. The first-order chi connectivity index (χ1) is 12.7. The first-order valence-electron chi connectivity index (χ1n) is 7.35. The molecule has 0 fully saturated rings. The molecule has 0 saturated heterocycles. The van der Waals surface area contributed by atoms with Crippen molar-refractivity contribution in [2.75, 3.05) is 11.5 Å². The predicted octanol–water partition coefficient (Wildman–Crippen LogP) is 4.90. The number of phenols is 1. The van der Waals surface area contributed by atoms with Crippen LogP contribution in [-0.2, 0) is 0 Å². The molecule has 0 aromatic heterocycles. The molecule has 0 aliphatic heterocycles. The maximum Gasteiger partial charge on any atom is 0.297 e. The second kappa shape index (κ2) is 7.18. The van der Waals surface area contributed by atoms with Gasteiger partial charge in [-0.3, -0.25) is 10.1 Å². The van der Waals surface area contributed by atoms with Crippen LogP contribution in [0.5, 0.6) is 5.75 Å². The molecule has 27 heavy (non-hydrogen) atoms. The average Bonchev–Trinajstić information content (AvgIpc) is 2.60. The van der Waals surface area contributed by atoms with Crippen molar-refractivity contribution >= 4 is 77.1 Å². The Bertz CT molecular complexity index is 1130. The number of thiol groups is 3. The summed E-state index contributed by atoms with van der Waals surface area (Å²) < 4.78 is 0. The quantitative estimate of drug-likeness (QED) is 0.118. The summed E-state index contributed by atoms with van der Waals surface area (Å²) in [4.78, 5) is 11.8. The fourth-order valence-electron chi connectivity index (χ4n) is 2.51. The number of nitrogen functional groups attached to an aromatic ring is 2. The molecule has 0 saturated carbocycles. The van der Waals surface area contributed by atoms with Gasteiger partial charge in [-0.25, -0.2) is 0 Å². The van der Waals surface area contributed by atoms with E-state index < -0.39 is 4.92 Å². The minimum Gasteiger partial charge on any atom is -0.505 e. The fourth-order valence-corrected chi connectivity index (χ4v) is 3.30. The van der Waals surface area contributed by atoms with E-state index in [0.29, 0.717) is 15.2 Å². The molecule has 0 atom stereocenters. The molecular weight excluding hydrogens is 406 g/mol. The molecule has 3 aromatic carbocycles. The number of fused-ring (bicyclic) bond motifs is 1. The van der Waals surface area contributed by atoms with E-state index in [0.717, 1.165) is 0 Å². The van der Waals surface area contributed by atoms with Gasteiger partial charge in [0, 0.05) is 26.1 Å². The Morgan fingerprint density at radius 1 is 1.04 bits per heavy atom. The van der Waals surface area contributed by atoms with Crippen LogP contribution in [0, 0.1) is 10.1 Å². The number of hydrogen-bond acceptors (Lipinski definition) is 10. The van der Waals surface area contributed by atoms with Gasteiger partial charge >= 0.3 is 0 Å². The van der Waals surface area contributed by atoms with Crippen LogP contribution in [0.25, 0.3) is 10.8 Å². The van der Waals surface area contributed by atoms with Gasteiger partial charge in [0.1, 0.15) is 5.69 Å². The highest BCUT2D eigenvalue weighted by Crippen LogP contribution is 2.46. The van der Waals surface area contributed by atoms with Gasteiger partial charge in [0.15, 0.2) is 11.4 Å². The van der Waals surface area contributed by atoms with Crippen LogP contribution in [0.15, 0.2) is 55.2 Å². The molecule has 0 amide bonds. The van der Waals surface area contributed by atoms with Crippen molar-refractivity contribution < 1.29 is 10.0 Å². The van der Waals surface area contributed by atoms with Gasteiger partial charge in [0.25, 0.3) is 5.69 Å². The number of phenolic OH excluding ortho intramolecular Hbond substituents is 1. The largest absolute Gasteiger partial charge is 0.505 e. The third-order valence-corrected chi connectivity index (χ3v) is 4.81. The lowest BCUT2D eigenvalue weighted by Gasteiger charge is -2.12. The van der Waals surface area contributed by atoms with Gasteiger partial charge in [-0.05, 0) is 24.3 Å². The van der Waals surface area contributed by atoms with E-state index in [2.05, 4.69) is 48.1 Å². The molecule has 3 rings (SSSR count). The molecule has 5 N–H and O–H groups in total. The second-order valence-electron chi connectivity index (χ2n) is 5.54. The summed E-state index contributed by atoms with van der Waals surface area (Å²) >= 11 is 12.7. The summed E-state index contributed by atoms with van der Waals surface area (Å²) in [5.74, 6) is -0.296. The van der Waals surface area contributed by atoms with E-state index in [4.69, 9.17) is 11.5 Å². The summed E-state index contributed by atoms with van der Waals surface area (Å²) in [5.41, 5.74) is 12.0. The zero-order chi connectivity index (χ0) is 19.9. The van der Waals surface area contributed by atoms with Crippen LogP contribution in [0.2, 0.25) is 0 Å². The molecule has 138 valence electrons. The van der Waals surface area contributed by atoms with Crippen molar-refractivity contribution in [2.45, 2.75) is 14.7 Å². The van der Waals surface area contributed by atoms with E-state index in [-0.39, 0.29) is 44.5 Å². The van der Waals surface area contributed by atoms with Crippen LogP contribution < -0.4 is 11.5 Å². The number of nitro groups is 1. The lowest BCUT2D eigenvalue weighted by molar-refractivity contribution is -0.384. The monoisotopic (exact) mass is 419 g/mol. The smallest absolute Gasteiger partial charge is 0.297 e. The number of benzene rings is 3. The molecule has 0 aliphatic carbocycles. The molecule has 0 heterocycles. The van der Waals surface area contributed by atoms with Crippen molar-refractivity contribution in [3.63, 3.8) is 0 Å². The molecule has 0 unspecified atom stereocenters. The number of anilines is 2. The van der Waals surface area contributed by atoms with E-state index in [9.17, 15) is 15.2 Å². The number of nitro benzene ring substituents is 1. The van der Waals surface area contributed by atoms with Crippen LogP contribution in [0.4, 0.5) is 28.4 Å². The van der Waals surface area contributed by atoms with Crippen LogP contribution in [0.1, 0.15) is 0 Å². The Kier molecular flexibility index (Phi) is 5.09. The summed E-state index contributed by atoms with van der Waals surface area (Å²) in [6, 6.07) is 7.37.